The second-order valence-electron chi connectivity index (χ2n) is 6.70. The number of amides is 1. The van der Waals surface area contributed by atoms with Crippen LogP contribution in [0.5, 0.6) is 5.75 Å². The van der Waals surface area contributed by atoms with E-state index < -0.39 is 10.0 Å². The average Bonchev–Trinajstić information content (AvgIpc) is 2.75. The molecule has 0 aromatic heterocycles. The molecule has 0 heterocycles. The molecule has 0 bridgehead atoms. The molecule has 0 atom stereocenters. The van der Waals surface area contributed by atoms with Crippen molar-refractivity contribution in [2.24, 2.45) is 0 Å². The van der Waals surface area contributed by atoms with Gasteiger partial charge in [0.15, 0.2) is 0 Å². The van der Waals surface area contributed by atoms with E-state index in [1.54, 1.807) is 36.2 Å². The standard InChI is InChI=1S/C23H24N2O4S/c1-3-29-22-12-8-7-9-19(22)17-25(2)23(26)18-13-15-21(16-14-18)30(27,28)24-20-10-5-4-6-11-20/h4-16,24H,3,17H2,1-2H3. The highest BCUT2D eigenvalue weighted by molar-refractivity contribution is 7.92. The monoisotopic (exact) mass is 424 g/mol. The van der Waals surface area contributed by atoms with Gasteiger partial charge in [0, 0.05) is 30.4 Å². The van der Waals surface area contributed by atoms with Crippen LogP contribution >= 0.6 is 0 Å². The van der Waals surface area contributed by atoms with Gasteiger partial charge < -0.3 is 9.64 Å². The van der Waals surface area contributed by atoms with E-state index >= 15 is 0 Å². The molecule has 0 aliphatic rings. The van der Waals surface area contributed by atoms with Crippen LogP contribution in [0, 0.1) is 0 Å². The zero-order valence-corrected chi connectivity index (χ0v) is 17.7. The Morgan fingerprint density at radius 3 is 2.23 bits per heavy atom. The molecular formula is C23H24N2O4S. The lowest BCUT2D eigenvalue weighted by molar-refractivity contribution is 0.0784. The molecule has 6 nitrogen and oxygen atoms in total. The van der Waals surface area contributed by atoms with Crippen LogP contribution in [0.15, 0.2) is 83.8 Å². The first-order valence-electron chi connectivity index (χ1n) is 9.55. The van der Waals surface area contributed by atoms with E-state index in [0.29, 0.717) is 24.4 Å². The Bertz CT molecular complexity index is 1100. The molecule has 3 rings (SSSR count). The average molecular weight is 425 g/mol. The third-order valence-corrected chi connectivity index (χ3v) is 5.86. The van der Waals surface area contributed by atoms with Crippen molar-refractivity contribution in [2.45, 2.75) is 18.4 Å². The highest BCUT2D eigenvalue weighted by atomic mass is 32.2. The number of hydrogen-bond donors (Lipinski definition) is 1. The molecule has 0 aliphatic carbocycles. The molecule has 7 heteroatoms. The number of sulfonamides is 1. The number of ether oxygens (including phenoxy) is 1. The fraction of sp³-hybridized carbons (Fsp3) is 0.174. The minimum atomic E-state index is -3.73. The van der Waals surface area contributed by atoms with Crippen LogP contribution < -0.4 is 9.46 Å². The van der Waals surface area contributed by atoms with Gasteiger partial charge in [0.1, 0.15) is 5.75 Å². The third-order valence-electron chi connectivity index (χ3n) is 4.46. The van der Waals surface area contributed by atoms with Gasteiger partial charge in [-0.3, -0.25) is 9.52 Å². The maximum Gasteiger partial charge on any atom is 0.261 e. The van der Waals surface area contributed by atoms with E-state index in [4.69, 9.17) is 4.74 Å². The van der Waals surface area contributed by atoms with Crippen molar-refractivity contribution in [2.75, 3.05) is 18.4 Å². The number of rotatable bonds is 8. The van der Waals surface area contributed by atoms with Gasteiger partial charge in [-0.25, -0.2) is 8.42 Å². The Balaban J connectivity index is 1.72. The molecule has 1 amide bonds. The fourth-order valence-corrected chi connectivity index (χ4v) is 4.03. The molecule has 0 saturated carbocycles. The van der Waals surface area contributed by atoms with E-state index in [2.05, 4.69) is 4.72 Å². The first-order chi connectivity index (χ1) is 14.4. The molecule has 0 saturated heterocycles. The summed E-state index contributed by atoms with van der Waals surface area (Å²) in [5, 5.41) is 0. The van der Waals surface area contributed by atoms with E-state index in [0.717, 1.165) is 11.3 Å². The molecule has 30 heavy (non-hydrogen) atoms. The summed E-state index contributed by atoms with van der Waals surface area (Å²) < 4.78 is 33.2. The molecule has 0 aliphatic heterocycles. The highest BCUT2D eigenvalue weighted by Gasteiger charge is 2.17. The molecule has 156 valence electrons. The maximum atomic E-state index is 12.8. The quantitative estimate of drug-likeness (QED) is 0.589. The molecule has 0 spiro atoms. The second-order valence-corrected chi connectivity index (χ2v) is 8.38. The maximum absolute atomic E-state index is 12.8. The lowest BCUT2D eigenvalue weighted by Crippen LogP contribution is -2.26. The first kappa shape index (κ1) is 21.4. The van der Waals surface area contributed by atoms with Crippen molar-refractivity contribution in [1.82, 2.24) is 4.90 Å². The van der Waals surface area contributed by atoms with Crippen LogP contribution in [0.25, 0.3) is 0 Å². The zero-order chi connectivity index (χ0) is 21.6. The Hall–Kier alpha value is -3.32. The summed E-state index contributed by atoms with van der Waals surface area (Å²) in [6.07, 6.45) is 0. The predicted octanol–water partition coefficient (Wildman–Crippen LogP) is 4.16. The van der Waals surface area contributed by atoms with Crippen molar-refractivity contribution >= 4 is 21.6 Å². The molecule has 3 aromatic carbocycles. The Labute approximate surface area is 177 Å². The summed E-state index contributed by atoms with van der Waals surface area (Å²) in [5.74, 6) is 0.536. The van der Waals surface area contributed by atoms with E-state index in [1.165, 1.54) is 24.3 Å². The smallest absolute Gasteiger partial charge is 0.261 e. The number of benzene rings is 3. The number of carbonyl (C=O) groups is 1. The number of nitrogens with zero attached hydrogens (tertiary/aromatic N) is 1. The van der Waals surface area contributed by atoms with Gasteiger partial charge in [-0.1, -0.05) is 36.4 Å². The topological polar surface area (TPSA) is 75.7 Å². The van der Waals surface area contributed by atoms with Crippen LogP contribution in [-0.2, 0) is 16.6 Å². The molecule has 0 radical (unpaired) electrons. The first-order valence-corrected chi connectivity index (χ1v) is 11.0. The van der Waals surface area contributed by atoms with Gasteiger partial charge in [0.2, 0.25) is 0 Å². The highest BCUT2D eigenvalue weighted by Crippen LogP contribution is 2.21. The van der Waals surface area contributed by atoms with Crippen LogP contribution in [0.2, 0.25) is 0 Å². The van der Waals surface area contributed by atoms with Crippen LogP contribution in [0.1, 0.15) is 22.8 Å². The van der Waals surface area contributed by atoms with Crippen LogP contribution in [0.4, 0.5) is 5.69 Å². The van der Waals surface area contributed by atoms with Crippen molar-refractivity contribution in [3.05, 3.63) is 90.0 Å². The molecule has 0 fully saturated rings. The van der Waals surface area contributed by atoms with E-state index in [1.807, 2.05) is 37.3 Å². The summed E-state index contributed by atoms with van der Waals surface area (Å²) >= 11 is 0. The van der Waals surface area contributed by atoms with Gasteiger partial charge in [-0.15, -0.1) is 0 Å². The van der Waals surface area contributed by atoms with Crippen LogP contribution in [-0.4, -0.2) is 32.9 Å². The van der Waals surface area contributed by atoms with Crippen LogP contribution in [0.3, 0.4) is 0 Å². The Morgan fingerprint density at radius 2 is 1.57 bits per heavy atom. The number of hydrogen-bond acceptors (Lipinski definition) is 4. The van der Waals surface area contributed by atoms with Crippen molar-refractivity contribution in [1.29, 1.82) is 0 Å². The number of para-hydroxylation sites is 2. The van der Waals surface area contributed by atoms with E-state index in [9.17, 15) is 13.2 Å². The minimum Gasteiger partial charge on any atom is -0.494 e. The third kappa shape index (κ3) is 5.18. The van der Waals surface area contributed by atoms with E-state index in [-0.39, 0.29) is 10.8 Å². The number of carbonyl (C=O) groups excluding carboxylic acids is 1. The molecule has 1 N–H and O–H groups in total. The lowest BCUT2D eigenvalue weighted by Gasteiger charge is -2.19. The van der Waals surface area contributed by atoms with Gasteiger partial charge in [-0.05, 0) is 49.4 Å². The number of anilines is 1. The lowest BCUT2D eigenvalue weighted by atomic mass is 10.1. The summed E-state index contributed by atoms with van der Waals surface area (Å²) in [7, 11) is -2.03. The summed E-state index contributed by atoms with van der Waals surface area (Å²) in [5.41, 5.74) is 1.79. The van der Waals surface area contributed by atoms with Crippen molar-refractivity contribution in [3.63, 3.8) is 0 Å². The van der Waals surface area contributed by atoms with Gasteiger partial charge in [0.25, 0.3) is 15.9 Å². The molecule has 0 unspecified atom stereocenters. The predicted molar refractivity (Wildman–Crippen MR) is 117 cm³/mol. The minimum absolute atomic E-state index is 0.0900. The van der Waals surface area contributed by atoms with Crippen molar-refractivity contribution < 1.29 is 17.9 Å². The fourth-order valence-electron chi connectivity index (χ4n) is 2.98. The Kier molecular flexibility index (Phi) is 6.74. The summed E-state index contributed by atoms with van der Waals surface area (Å²) in [6.45, 7) is 2.83. The zero-order valence-electron chi connectivity index (χ0n) is 16.9. The largest absolute Gasteiger partial charge is 0.494 e. The number of nitrogens with one attached hydrogen (secondary N) is 1. The second kappa shape index (κ2) is 9.45. The van der Waals surface area contributed by atoms with Gasteiger partial charge >= 0.3 is 0 Å². The molecular weight excluding hydrogens is 400 g/mol. The molecule has 3 aromatic rings. The van der Waals surface area contributed by atoms with Gasteiger partial charge in [-0.2, -0.15) is 0 Å². The van der Waals surface area contributed by atoms with Gasteiger partial charge in [0.05, 0.1) is 11.5 Å². The normalized spacial score (nSPS) is 11.0. The SMILES string of the molecule is CCOc1ccccc1CN(C)C(=O)c1ccc(S(=O)(=O)Nc2ccccc2)cc1. The summed E-state index contributed by atoms with van der Waals surface area (Å²) in [4.78, 5) is 14.5. The van der Waals surface area contributed by atoms with Crippen molar-refractivity contribution in [3.8, 4) is 5.75 Å². The Morgan fingerprint density at radius 1 is 0.933 bits per heavy atom. The summed E-state index contributed by atoms with van der Waals surface area (Å²) in [6, 6.07) is 22.1.